The van der Waals surface area contributed by atoms with Crippen LogP contribution in [-0.4, -0.2) is 29.7 Å². The van der Waals surface area contributed by atoms with Crippen molar-refractivity contribution in [3.63, 3.8) is 0 Å². The van der Waals surface area contributed by atoms with Crippen LogP contribution in [0.3, 0.4) is 0 Å². The number of thioether (sulfide) groups is 1. The summed E-state index contributed by atoms with van der Waals surface area (Å²) in [6, 6.07) is 8.87. The first-order valence-corrected chi connectivity index (χ1v) is 9.22. The topological polar surface area (TPSA) is 45.2 Å². The van der Waals surface area contributed by atoms with Crippen molar-refractivity contribution in [2.24, 2.45) is 0 Å². The van der Waals surface area contributed by atoms with Crippen molar-refractivity contribution < 1.29 is 18.0 Å². The van der Waals surface area contributed by atoms with Gasteiger partial charge >= 0.3 is 6.18 Å². The van der Waals surface area contributed by atoms with Gasteiger partial charge in [-0.05, 0) is 43.2 Å². The third kappa shape index (κ3) is 4.69. The standard InChI is InChI=1S/C18H18F3N3OS/c19-18(20,21)13-6-7-15(24-9-3-4-10-24)14(11-13)23-16(25)12-26-17-5-1-2-8-22-17/h1-2,5-8,11H,3-4,9-10,12H2,(H,23,25). The molecule has 0 bridgehead atoms. The quantitative estimate of drug-likeness (QED) is 0.779. The second-order valence-corrected chi connectivity index (χ2v) is 6.92. The molecular formula is C18H18F3N3OS. The molecule has 1 N–H and O–H groups in total. The molecule has 4 nitrogen and oxygen atoms in total. The molecule has 0 saturated carbocycles. The predicted molar refractivity (Wildman–Crippen MR) is 96.5 cm³/mol. The van der Waals surface area contributed by atoms with Crippen LogP contribution in [0.25, 0.3) is 0 Å². The number of anilines is 2. The van der Waals surface area contributed by atoms with Crippen LogP contribution in [-0.2, 0) is 11.0 Å². The number of carbonyl (C=O) groups is 1. The highest BCUT2D eigenvalue weighted by atomic mass is 32.2. The van der Waals surface area contributed by atoms with Crippen molar-refractivity contribution in [1.82, 2.24) is 4.98 Å². The van der Waals surface area contributed by atoms with Gasteiger partial charge in [-0.3, -0.25) is 4.79 Å². The highest BCUT2D eigenvalue weighted by molar-refractivity contribution is 7.99. The summed E-state index contributed by atoms with van der Waals surface area (Å²) in [6.07, 6.45) is -0.849. The van der Waals surface area contributed by atoms with Gasteiger partial charge in [0.2, 0.25) is 5.91 Å². The Hall–Kier alpha value is -2.22. The van der Waals surface area contributed by atoms with Gasteiger partial charge in [0.05, 0.1) is 27.7 Å². The zero-order chi connectivity index (χ0) is 18.6. The number of nitrogens with zero attached hydrogens (tertiary/aromatic N) is 2. The van der Waals surface area contributed by atoms with Gasteiger partial charge in [-0.15, -0.1) is 0 Å². The average molecular weight is 381 g/mol. The lowest BCUT2D eigenvalue weighted by Gasteiger charge is -2.23. The maximum atomic E-state index is 13.0. The van der Waals surface area contributed by atoms with E-state index >= 15 is 0 Å². The van der Waals surface area contributed by atoms with Gasteiger partial charge in [-0.25, -0.2) is 4.98 Å². The van der Waals surface area contributed by atoms with E-state index in [1.165, 1.54) is 17.8 Å². The van der Waals surface area contributed by atoms with E-state index in [-0.39, 0.29) is 17.3 Å². The average Bonchev–Trinajstić information content (AvgIpc) is 3.14. The molecule has 1 aliphatic rings. The van der Waals surface area contributed by atoms with Crippen LogP contribution in [0.4, 0.5) is 24.5 Å². The SMILES string of the molecule is O=C(CSc1ccccn1)Nc1cc(C(F)(F)F)ccc1N1CCCC1. The molecule has 0 aliphatic carbocycles. The number of pyridine rings is 1. The zero-order valence-electron chi connectivity index (χ0n) is 13.9. The predicted octanol–water partition coefficient (Wildman–Crippen LogP) is 4.43. The van der Waals surface area contributed by atoms with Crippen LogP contribution in [0.1, 0.15) is 18.4 Å². The van der Waals surface area contributed by atoms with E-state index in [0.29, 0.717) is 10.7 Å². The van der Waals surface area contributed by atoms with Crippen molar-refractivity contribution in [3.8, 4) is 0 Å². The van der Waals surface area contributed by atoms with Crippen LogP contribution in [0.15, 0.2) is 47.6 Å². The van der Waals surface area contributed by atoms with Crippen molar-refractivity contribution in [3.05, 3.63) is 48.2 Å². The minimum absolute atomic E-state index is 0.0761. The molecule has 8 heteroatoms. The molecule has 0 spiro atoms. The molecule has 138 valence electrons. The van der Waals surface area contributed by atoms with Crippen molar-refractivity contribution in [1.29, 1.82) is 0 Å². The van der Waals surface area contributed by atoms with E-state index < -0.39 is 11.7 Å². The third-order valence-corrected chi connectivity index (χ3v) is 4.98. The number of amides is 1. The molecule has 2 aromatic rings. The summed E-state index contributed by atoms with van der Waals surface area (Å²) in [5.74, 6) is -0.285. The minimum atomic E-state index is -4.45. The fourth-order valence-electron chi connectivity index (χ4n) is 2.80. The van der Waals surface area contributed by atoms with Gasteiger partial charge < -0.3 is 10.2 Å². The molecule has 1 amide bonds. The highest BCUT2D eigenvalue weighted by Crippen LogP contribution is 2.36. The summed E-state index contributed by atoms with van der Waals surface area (Å²) in [6.45, 7) is 1.55. The summed E-state index contributed by atoms with van der Waals surface area (Å²) in [7, 11) is 0. The maximum Gasteiger partial charge on any atom is 0.416 e. The third-order valence-electron chi connectivity index (χ3n) is 4.03. The number of carbonyl (C=O) groups excluding carboxylic acids is 1. The van der Waals surface area contributed by atoms with Crippen molar-refractivity contribution >= 4 is 29.0 Å². The Morgan fingerprint density at radius 2 is 1.96 bits per heavy atom. The van der Waals surface area contributed by atoms with Crippen LogP contribution in [0, 0.1) is 0 Å². The van der Waals surface area contributed by atoms with E-state index in [0.717, 1.165) is 38.1 Å². The van der Waals surface area contributed by atoms with Gasteiger partial charge in [0.25, 0.3) is 0 Å². The molecule has 26 heavy (non-hydrogen) atoms. The van der Waals surface area contributed by atoms with Crippen LogP contribution in [0.2, 0.25) is 0 Å². The molecule has 0 unspecified atom stereocenters. The van der Waals surface area contributed by atoms with Crippen molar-refractivity contribution in [2.75, 3.05) is 29.1 Å². The number of rotatable bonds is 5. The number of aromatic nitrogens is 1. The lowest BCUT2D eigenvalue weighted by molar-refractivity contribution is -0.137. The Morgan fingerprint density at radius 3 is 2.62 bits per heavy atom. The lowest BCUT2D eigenvalue weighted by Crippen LogP contribution is -2.22. The monoisotopic (exact) mass is 381 g/mol. The molecular weight excluding hydrogens is 363 g/mol. The summed E-state index contributed by atoms with van der Waals surface area (Å²) in [5.41, 5.74) is 0.0631. The normalized spacial score (nSPS) is 14.5. The van der Waals surface area contributed by atoms with Gasteiger partial charge in [0.15, 0.2) is 0 Å². The Bertz CT molecular complexity index is 762. The number of benzene rings is 1. The molecule has 3 rings (SSSR count). The van der Waals surface area contributed by atoms with E-state index in [9.17, 15) is 18.0 Å². The Morgan fingerprint density at radius 1 is 1.19 bits per heavy atom. The molecule has 1 fully saturated rings. The lowest BCUT2D eigenvalue weighted by atomic mass is 10.1. The number of alkyl halides is 3. The fraction of sp³-hybridized carbons (Fsp3) is 0.333. The summed E-state index contributed by atoms with van der Waals surface area (Å²) < 4.78 is 39.1. The Balaban J connectivity index is 1.76. The summed E-state index contributed by atoms with van der Waals surface area (Å²) in [5, 5.41) is 3.33. The minimum Gasteiger partial charge on any atom is -0.370 e. The summed E-state index contributed by atoms with van der Waals surface area (Å²) >= 11 is 1.24. The van der Waals surface area contributed by atoms with Crippen LogP contribution >= 0.6 is 11.8 Å². The molecule has 0 radical (unpaired) electrons. The Kier molecular flexibility index (Phi) is 5.70. The largest absolute Gasteiger partial charge is 0.416 e. The molecule has 1 saturated heterocycles. The first-order valence-electron chi connectivity index (χ1n) is 8.23. The number of nitrogens with one attached hydrogen (secondary N) is 1. The maximum absolute atomic E-state index is 13.0. The molecule has 2 heterocycles. The highest BCUT2D eigenvalue weighted by Gasteiger charge is 2.32. The first-order chi connectivity index (χ1) is 12.4. The van der Waals surface area contributed by atoms with E-state index in [1.807, 2.05) is 11.0 Å². The number of hydrogen-bond acceptors (Lipinski definition) is 4. The number of hydrogen-bond donors (Lipinski definition) is 1. The number of halogens is 3. The molecule has 1 aromatic carbocycles. The molecule has 1 aromatic heterocycles. The first kappa shape index (κ1) is 18.6. The van der Waals surface area contributed by atoms with Gasteiger partial charge in [-0.2, -0.15) is 13.2 Å². The van der Waals surface area contributed by atoms with E-state index in [4.69, 9.17) is 0 Å². The van der Waals surface area contributed by atoms with Gasteiger partial charge in [0, 0.05) is 19.3 Å². The van der Waals surface area contributed by atoms with Crippen LogP contribution in [0.5, 0.6) is 0 Å². The molecule has 0 atom stereocenters. The van der Waals surface area contributed by atoms with E-state index in [1.54, 1.807) is 18.3 Å². The van der Waals surface area contributed by atoms with Gasteiger partial charge in [0.1, 0.15) is 0 Å². The van der Waals surface area contributed by atoms with Gasteiger partial charge in [-0.1, -0.05) is 17.8 Å². The summed E-state index contributed by atoms with van der Waals surface area (Å²) in [4.78, 5) is 18.4. The second-order valence-electron chi connectivity index (χ2n) is 5.93. The zero-order valence-corrected chi connectivity index (χ0v) is 14.7. The van der Waals surface area contributed by atoms with E-state index in [2.05, 4.69) is 10.3 Å². The van der Waals surface area contributed by atoms with Crippen molar-refractivity contribution in [2.45, 2.75) is 24.0 Å². The fourth-order valence-corrected chi connectivity index (χ4v) is 3.47. The van der Waals surface area contributed by atoms with Crippen LogP contribution < -0.4 is 10.2 Å². The second kappa shape index (κ2) is 7.99. The Labute approximate surface area is 153 Å². The molecule has 1 aliphatic heterocycles. The smallest absolute Gasteiger partial charge is 0.370 e.